The third-order valence-electron chi connectivity index (χ3n) is 3.43. The summed E-state index contributed by atoms with van der Waals surface area (Å²) in [4.78, 5) is 2.43. The van der Waals surface area contributed by atoms with Gasteiger partial charge in [0.25, 0.3) is 0 Å². The zero-order valence-electron chi connectivity index (χ0n) is 12.8. The lowest BCUT2D eigenvalue weighted by atomic mass is 10.1. The minimum atomic E-state index is 0.260. The first-order valence-electron chi connectivity index (χ1n) is 7.47. The maximum atomic E-state index is 5.72. The second-order valence-electron chi connectivity index (χ2n) is 5.45. The van der Waals surface area contributed by atoms with E-state index in [0.717, 1.165) is 31.9 Å². The molecule has 1 N–H and O–H groups in total. The van der Waals surface area contributed by atoms with Gasteiger partial charge in [-0.3, -0.25) is 0 Å². The van der Waals surface area contributed by atoms with Gasteiger partial charge in [0, 0.05) is 31.9 Å². The smallest absolute Gasteiger partial charge is 0.119 e. The Morgan fingerprint density at radius 1 is 1.20 bits per heavy atom. The minimum absolute atomic E-state index is 0.260. The van der Waals surface area contributed by atoms with Crippen molar-refractivity contribution in [2.24, 2.45) is 0 Å². The molecule has 0 aliphatic carbocycles. The van der Waals surface area contributed by atoms with E-state index in [-0.39, 0.29) is 6.10 Å². The van der Waals surface area contributed by atoms with Gasteiger partial charge < -0.3 is 19.7 Å². The number of hydrogen-bond acceptors (Lipinski definition) is 4. The van der Waals surface area contributed by atoms with Crippen molar-refractivity contribution in [2.45, 2.75) is 26.9 Å². The zero-order chi connectivity index (χ0) is 14.4. The fourth-order valence-corrected chi connectivity index (χ4v) is 2.42. The number of rotatable bonds is 6. The van der Waals surface area contributed by atoms with Gasteiger partial charge in [0.1, 0.15) is 12.4 Å². The highest BCUT2D eigenvalue weighted by atomic mass is 16.5. The minimum Gasteiger partial charge on any atom is -0.491 e. The topological polar surface area (TPSA) is 33.7 Å². The lowest BCUT2D eigenvalue weighted by Crippen LogP contribution is -2.43. The van der Waals surface area contributed by atoms with Crippen molar-refractivity contribution in [1.82, 2.24) is 5.32 Å². The van der Waals surface area contributed by atoms with Gasteiger partial charge in [0.2, 0.25) is 0 Å². The van der Waals surface area contributed by atoms with E-state index in [9.17, 15) is 0 Å². The monoisotopic (exact) mass is 278 g/mol. The highest BCUT2D eigenvalue weighted by Crippen LogP contribution is 2.25. The molecule has 0 unspecified atom stereocenters. The average molecular weight is 278 g/mol. The Morgan fingerprint density at radius 2 is 1.95 bits per heavy atom. The Kier molecular flexibility index (Phi) is 5.68. The third kappa shape index (κ3) is 4.39. The predicted octanol–water partition coefficient (Wildman–Crippen LogP) is 2.21. The molecular weight excluding hydrogens is 252 g/mol. The summed E-state index contributed by atoms with van der Waals surface area (Å²) in [5.41, 5.74) is 2.59. The maximum Gasteiger partial charge on any atom is 0.119 e. The van der Waals surface area contributed by atoms with Crippen LogP contribution in [0.25, 0.3) is 0 Å². The summed E-state index contributed by atoms with van der Waals surface area (Å²) in [5, 5.41) is 3.38. The van der Waals surface area contributed by atoms with Crippen LogP contribution in [0.15, 0.2) is 18.2 Å². The first-order valence-corrected chi connectivity index (χ1v) is 7.47. The third-order valence-corrected chi connectivity index (χ3v) is 3.43. The molecule has 1 aliphatic rings. The highest BCUT2D eigenvalue weighted by Gasteiger charge is 2.12. The van der Waals surface area contributed by atoms with Crippen molar-refractivity contribution in [2.75, 3.05) is 44.3 Å². The molecule has 4 heteroatoms. The van der Waals surface area contributed by atoms with Crippen molar-refractivity contribution >= 4 is 5.69 Å². The number of piperazine rings is 1. The van der Waals surface area contributed by atoms with E-state index in [4.69, 9.17) is 9.47 Å². The molecule has 0 spiro atoms. The van der Waals surface area contributed by atoms with Crippen LogP contribution in [0.5, 0.6) is 5.75 Å². The van der Waals surface area contributed by atoms with E-state index in [2.05, 4.69) is 35.3 Å². The molecule has 20 heavy (non-hydrogen) atoms. The molecule has 1 aromatic rings. The van der Waals surface area contributed by atoms with Crippen LogP contribution in [0.3, 0.4) is 0 Å². The highest BCUT2D eigenvalue weighted by molar-refractivity contribution is 5.56. The fraction of sp³-hybridized carbons (Fsp3) is 0.625. The van der Waals surface area contributed by atoms with E-state index in [1.165, 1.54) is 11.3 Å². The standard InChI is InChI=1S/C16H26N2O2/c1-13(2)19-10-11-20-15-4-5-16(14(3)12-15)18-8-6-17-7-9-18/h4-5,12-13,17H,6-11H2,1-3H3. The number of benzene rings is 1. The molecule has 2 rings (SSSR count). The molecule has 0 aromatic heterocycles. The van der Waals surface area contributed by atoms with Crippen molar-refractivity contribution in [3.8, 4) is 5.75 Å². The van der Waals surface area contributed by atoms with Gasteiger partial charge in [-0.05, 0) is 44.5 Å². The summed E-state index contributed by atoms with van der Waals surface area (Å²) >= 11 is 0. The number of nitrogens with one attached hydrogen (secondary N) is 1. The first-order chi connectivity index (χ1) is 9.66. The van der Waals surface area contributed by atoms with Gasteiger partial charge in [-0.1, -0.05) is 0 Å². The maximum absolute atomic E-state index is 5.72. The van der Waals surface area contributed by atoms with Crippen LogP contribution in [0.1, 0.15) is 19.4 Å². The fourth-order valence-electron chi connectivity index (χ4n) is 2.42. The quantitative estimate of drug-likeness (QED) is 0.809. The van der Waals surface area contributed by atoms with Crippen molar-refractivity contribution < 1.29 is 9.47 Å². The first kappa shape index (κ1) is 15.1. The van der Waals surface area contributed by atoms with Crippen LogP contribution in [0.2, 0.25) is 0 Å². The van der Waals surface area contributed by atoms with Crippen LogP contribution >= 0.6 is 0 Å². The average Bonchev–Trinajstić information content (AvgIpc) is 2.44. The van der Waals surface area contributed by atoms with Crippen LogP contribution < -0.4 is 15.0 Å². The molecule has 4 nitrogen and oxygen atoms in total. The molecule has 1 fully saturated rings. The van der Waals surface area contributed by atoms with E-state index < -0.39 is 0 Å². The van der Waals surface area contributed by atoms with Crippen LogP contribution in [-0.2, 0) is 4.74 Å². The SMILES string of the molecule is Cc1cc(OCCOC(C)C)ccc1N1CCNCC1. The molecule has 1 saturated heterocycles. The summed E-state index contributed by atoms with van der Waals surface area (Å²) in [6, 6.07) is 6.34. The van der Waals surface area contributed by atoms with Gasteiger partial charge in [-0.25, -0.2) is 0 Å². The summed E-state index contributed by atoms with van der Waals surface area (Å²) < 4.78 is 11.2. The molecule has 0 atom stereocenters. The van der Waals surface area contributed by atoms with Gasteiger partial charge in [0.15, 0.2) is 0 Å². The van der Waals surface area contributed by atoms with Crippen LogP contribution in [0, 0.1) is 6.92 Å². The van der Waals surface area contributed by atoms with Gasteiger partial charge in [-0.15, -0.1) is 0 Å². The molecule has 1 heterocycles. The molecule has 0 saturated carbocycles. The van der Waals surface area contributed by atoms with Crippen LogP contribution in [-0.4, -0.2) is 45.5 Å². The number of nitrogens with zero attached hydrogens (tertiary/aromatic N) is 1. The largest absolute Gasteiger partial charge is 0.491 e. The van der Waals surface area contributed by atoms with E-state index in [1.807, 2.05) is 13.8 Å². The Hall–Kier alpha value is -1.26. The zero-order valence-corrected chi connectivity index (χ0v) is 12.8. The molecule has 0 radical (unpaired) electrons. The van der Waals surface area contributed by atoms with Gasteiger partial charge in [0.05, 0.1) is 12.7 Å². The molecular formula is C16H26N2O2. The van der Waals surface area contributed by atoms with Crippen molar-refractivity contribution in [1.29, 1.82) is 0 Å². The molecule has 1 aromatic carbocycles. The molecule has 1 aliphatic heterocycles. The second kappa shape index (κ2) is 7.50. The van der Waals surface area contributed by atoms with E-state index >= 15 is 0 Å². The van der Waals surface area contributed by atoms with E-state index in [1.54, 1.807) is 0 Å². The van der Waals surface area contributed by atoms with Crippen molar-refractivity contribution in [3.63, 3.8) is 0 Å². The molecule has 0 bridgehead atoms. The molecule has 0 amide bonds. The number of ether oxygens (including phenoxy) is 2. The normalized spacial score (nSPS) is 15.7. The van der Waals surface area contributed by atoms with Gasteiger partial charge >= 0.3 is 0 Å². The Morgan fingerprint density at radius 3 is 2.60 bits per heavy atom. The summed E-state index contributed by atoms with van der Waals surface area (Å²) in [7, 11) is 0. The Bertz CT molecular complexity index is 415. The van der Waals surface area contributed by atoms with Gasteiger partial charge in [-0.2, -0.15) is 0 Å². The Labute approximate surface area is 122 Å². The predicted molar refractivity (Wildman–Crippen MR) is 82.8 cm³/mol. The van der Waals surface area contributed by atoms with Crippen molar-refractivity contribution in [3.05, 3.63) is 23.8 Å². The lowest BCUT2D eigenvalue weighted by molar-refractivity contribution is 0.0552. The van der Waals surface area contributed by atoms with E-state index in [0.29, 0.717) is 13.2 Å². The summed E-state index contributed by atoms with van der Waals surface area (Å²) in [5.74, 6) is 0.925. The summed E-state index contributed by atoms with van der Waals surface area (Å²) in [6.45, 7) is 11.7. The Balaban J connectivity index is 1.88. The van der Waals surface area contributed by atoms with Crippen LogP contribution in [0.4, 0.5) is 5.69 Å². The number of aryl methyl sites for hydroxylation is 1. The second-order valence-corrected chi connectivity index (χ2v) is 5.45. The summed E-state index contributed by atoms with van der Waals surface area (Å²) in [6.07, 6.45) is 0.260. The molecule has 112 valence electrons. The number of hydrogen-bond donors (Lipinski definition) is 1. The number of anilines is 1. The lowest BCUT2D eigenvalue weighted by Gasteiger charge is -2.30.